The van der Waals surface area contributed by atoms with Gasteiger partial charge in [0.1, 0.15) is 0 Å². The number of ether oxygens (including phenoxy) is 4. The summed E-state index contributed by atoms with van der Waals surface area (Å²) in [6.07, 6.45) is 27.6. The van der Waals surface area contributed by atoms with Gasteiger partial charge in [-0.25, -0.2) is 0 Å². The molecule has 0 aliphatic heterocycles. The van der Waals surface area contributed by atoms with Gasteiger partial charge in [-0.3, -0.25) is 0 Å². The average Bonchev–Trinajstić information content (AvgIpc) is 3.53. The van der Waals surface area contributed by atoms with E-state index in [0.29, 0.717) is 50.1 Å². The molecule has 4 nitrogen and oxygen atoms in total. The maximum atomic E-state index is 6.57. The number of hydrogen-bond acceptors (Lipinski definition) is 4. The molecule has 436 valence electrons. The van der Waals surface area contributed by atoms with E-state index in [1.807, 2.05) is 0 Å². The third-order valence-electron chi connectivity index (χ3n) is 16.4. The van der Waals surface area contributed by atoms with Crippen molar-refractivity contribution in [2.45, 2.75) is 158 Å². The van der Waals surface area contributed by atoms with E-state index in [0.717, 1.165) is 119 Å². The molecular formula is C78H93BrO4. The molecule has 0 aromatic heterocycles. The summed E-state index contributed by atoms with van der Waals surface area (Å²) in [6.45, 7) is 20.9. The molecule has 0 amide bonds. The molecule has 4 unspecified atom stereocenters. The zero-order chi connectivity index (χ0) is 58.6. The lowest BCUT2D eigenvalue weighted by molar-refractivity contribution is 0.199. The van der Waals surface area contributed by atoms with Crippen LogP contribution in [0, 0.1) is 47.4 Å². The van der Waals surface area contributed by atoms with Gasteiger partial charge in [0.05, 0.1) is 26.4 Å². The first-order chi connectivity index (χ1) is 40.7. The van der Waals surface area contributed by atoms with E-state index in [4.69, 9.17) is 18.9 Å². The highest BCUT2D eigenvalue weighted by atomic mass is 79.9. The van der Waals surface area contributed by atoms with Crippen molar-refractivity contribution in [2.75, 3.05) is 26.4 Å². The molecule has 5 heteroatoms. The Morgan fingerprint density at radius 3 is 1.06 bits per heavy atom. The maximum absolute atomic E-state index is 6.57. The summed E-state index contributed by atoms with van der Waals surface area (Å²) in [5.41, 5.74) is 8.24. The average molecular weight is 1170 g/mol. The molecule has 7 rings (SSSR count). The van der Waals surface area contributed by atoms with Gasteiger partial charge in [0.15, 0.2) is 23.0 Å². The molecular weight excluding hydrogens is 1080 g/mol. The summed E-state index contributed by atoms with van der Waals surface area (Å²) >= 11 is 3.78. The molecule has 0 heterocycles. The standard InChI is InChI=1S/C78H93BrO4/c1-9-17-23-58(13-5)54-80-75-49-43-66(51-77(75)82-56-60(15-7)25-19-11-3)39-37-62-29-33-64(34-30-62)41-46-71-69-27-21-22-28-70(69)72(74-53-68(79)45-48-73(71)74)47-42-65-35-31-63(32-36-65)38-40-67-44-50-76(81-55-59(14-6)24-18-10-2)78(52-67)83-57-61(16-8)26-20-12-4/h21-22,27-40,43-45,48-53,58-61H,9-20,23-26,54-57H2,1-8H3/b39-37+,40-38+. The molecule has 0 radical (unpaired) electrons. The van der Waals surface area contributed by atoms with E-state index in [9.17, 15) is 0 Å². The highest BCUT2D eigenvalue weighted by Crippen LogP contribution is 2.36. The van der Waals surface area contributed by atoms with Gasteiger partial charge in [0, 0.05) is 32.1 Å². The van der Waals surface area contributed by atoms with Gasteiger partial charge >= 0.3 is 0 Å². The Balaban J connectivity index is 1.08. The third kappa shape index (κ3) is 19.7. The van der Waals surface area contributed by atoms with E-state index in [2.05, 4.69) is 247 Å². The van der Waals surface area contributed by atoms with Gasteiger partial charge in [-0.05, 0) is 148 Å². The Labute approximate surface area is 509 Å². The topological polar surface area (TPSA) is 36.9 Å². The van der Waals surface area contributed by atoms with Gasteiger partial charge in [-0.1, -0.05) is 263 Å². The second-order valence-electron chi connectivity index (χ2n) is 22.7. The number of halogens is 1. The Kier molecular flexibility index (Phi) is 26.8. The molecule has 0 saturated heterocycles. The van der Waals surface area contributed by atoms with Crippen LogP contribution < -0.4 is 18.9 Å². The quantitative estimate of drug-likeness (QED) is 0.0239. The van der Waals surface area contributed by atoms with Crippen molar-refractivity contribution in [3.05, 3.63) is 176 Å². The molecule has 83 heavy (non-hydrogen) atoms. The predicted molar refractivity (Wildman–Crippen MR) is 360 cm³/mol. The molecule has 7 aromatic rings. The van der Waals surface area contributed by atoms with Crippen LogP contribution in [0.25, 0.3) is 45.8 Å². The minimum absolute atomic E-state index is 0.532. The molecule has 0 spiro atoms. The minimum Gasteiger partial charge on any atom is -0.489 e. The SMILES string of the molecule is CCCCC(CC)COc1ccc(/C=C/c2ccc(C#Cc3c4ccccc4c(C#Cc4ccc(/C=C/c5ccc(OCC(CC)CCCC)c(OCC(CC)CCCC)c5)cc4)c4cc(Br)ccc34)cc2)cc1OCC(CC)CCCC. The lowest BCUT2D eigenvalue weighted by Crippen LogP contribution is -2.14. The molecule has 0 fully saturated rings. The van der Waals surface area contributed by atoms with Crippen molar-refractivity contribution < 1.29 is 18.9 Å². The normalized spacial score (nSPS) is 12.9. The monoisotopic (exact) mass is 1170 g/mol. The fourth-order valence-corrected chi connectivity index (χ4v) is 10.9. The van der Waals surface area contributed by atoms with Crippen LogP contribution in [0.3, 0.4) is 0 Å². The number of rotatable bonds is 32. The van der Waals surface area contributed by atoms with Gasteiger partial charge in [0.2, 0.25) is 0 Å². The Hall–Kier alpha value is -6.66. The van der Waals surface area contributed by atoms with E-state index in [-0.39, 0.29) is 0 Å². The fraction of sp³-hybridized carbons (Fsp3) is 0.410. The summed E-state index contributed by atoms with van der Waals surface area (Å²) in [5.74, 6) is 19.8. The zero-order valence-corrected chi connectivity index (χ0v) is 53.0. The van der Waals surface area contributed by atoms with Gasteiger partial charge in [-0.15, -0.1) is 0 Å². The smallest absolute Gasteiger partial charge is 0.161 e. The van der Waals surface area contributed by atoms with Crippen LogP contribution in [-0.4, -0.2) is 26.4 Å². The van der Waals surface area contributed by atoms with Crippen LogP contribution in [0.4, 0.5) is 0 Å². The van der Waals surface area contributed by atoms with Crippen molar-refractivity contribution in [3.63, 3.8) is 0 Å². The summed E-state index contributed by atoms with van der Waals surface area (Å²) < 4.78 is 27.1. The first-order valence-corrected chi connectivity index (χ1v) is 32.5. The lowest BCUT2D eigenvalue weighted by Gasteiger charge is -2.20. The van der Waals surface area contributed by atoms with E-state index >= 15 is 0 Å². The third-order valence-corrected chi connectivity index (χ3v) is 16.9. The van der Waals surface area contributed by atoms with Crippen LogP contribution in [-0.2, 0) is 0 Å². The number of unbranched alkanes of at least 4 members (excludes halogenated alkanes) is 4. The van der Waals surface area contributed by atoms with Crippen LogP contribution in [0.1, 0.15) is 203 Å². The number of hydrogen-bond donors (Lipinski definition) is 0. The zero-order valence-electron chi connectivity index (χ0n) is 51.4. The minimum atomic E-state index is 0.532. The van der Waals surface area contributed by atoms with Crippen LogP contribution >= 0.6 is 15.9 Å². The Morgan fingerprint density at radius 2 is 0.687 bits per heavy atom. The van der Waals surface area contributed by atoms with Gasteiger partial charge < -0.3 is 18.9 Å². The lowest BCUT2D eigenvalue weighted by atomic mass is 9.91. The molecule has 0 aliphatic carbocycles. The summed E-state index contributed by atoms with van der Waals surface area (Å²) in [6, 6.07) is 44.7. The molecule has 0 bridgehead atoms. The van der Waals surface area contributed by atoms with Crippen LogP contribution in [0.2, 0.25) is 0 Å². The largest absolute Gasteiger partial charge is 0.489 e. The first-order valence-electron chi connectivity index (χ1n) is 31.7. The molecule has 7 aromatic carbocycles. The number of benzene rings is 7. The first kappa shape index (κ1) is 63.9. The highest BCUT2D eigenvalue weighted by molar-refractivity contribution is 9.10. The Bertz CT molecular complexity index is 3290. The van der Waals surface area contributed by atoms with E-state index < -0.39 is 0 Å². The van der Waals surface area contributed by atoms with Gasteiger partial charge in [-0.2, -0.15) is 0 Å². The van der Waals surface area contributed by atoms with Crippen molar-refractivity contribution in [1.82, 2.24) is 0 Å². The summed E-state index contributed by atoms with van der Waals surface area (Å²) in [7, 11) is 0. The molecule has 0 aliphatic rings. The second kappa shape index (κ2) is 34.8. The van der Waals surface area contributed by atoms with Gasteiger partial charge in [0.25, 0.3) is 0 Å². The van der Waals surface area contributed by atoms with Crippen molar-refractivity contribution in [3.8, 4) is 46.7 Å². The van der Waals surface area contributed by atoms with Crippen molar-refractivity contribution >= 4 is 61.8 Å². The second-order valence-corrected chi connectivity index (χ2v) is 23.6. The molecule has 4 atom stereocenters. The van der Waals surface area contributed by atoms with Crippen LogP contribution in [0.15, 0.2) is 132 Å². The molecule has 0 N–H and O–H groups in total. The summed E-state index contributed by atoms with van der Waals surface area (Å²) in [4.78, 5) is 0. The highest BCUT2D eigenvalue weighted by Gasteiger charge is 2.17. The van der Waals surface area contributed by atoms with Crippen molar-refractivity contribution in [2.24, 2.45) is 23.7 Å². The van der Waals surface area contributed by atoms with Crippen molar-refractivity contribution in [1.29, 1.82) is 0 Å². The number of fused-ring (bicyclic) bond motifs is 2. The Morgan fingerprint density at radius 1 is 0.349 bits per heavy atom. The predicted octanol–water partition coefficient (Wildman–Crippen LogP) is 22.3. The molecule has 0 saturated carbocycles. The van der Waals surface area contributed by atoms with E-state index in [1.54, 1.807) is 0 Å². The summed E-state index contributed by atoms with van der Waals surface area (Å²) in [5, 5.41) is 4.30. The fourth-order valence-electron chi connectivity index (χ4n) is 10.6. The van der Waals surface area contributed by atoms with E-state index in [1.165, 1.54) is 77.0 Å². The van der Waals surface area contributed by atoms with Crippen LogP contribution in [0.5, 0.6) is 23.0 Å². The maximum Gasteiger partial charge on any atom is 0.161 e.